The molecule has 0 saturated heterocycles. The van der Waals surface area contributed by atoms with Crippen LogP contribution in [0.2, 0.25) is 0 Å². The summed E-state index contributed by atoms with van der Waals surface area (Å²) in [5.41, 5.74) is 5.66. The molecule has 1 aliphatic rings. The Labute approximate surface area is 161 Å². The number of aromatic nitrogens is 3. The van der Waals surface area contributed by atoms with Crippen molar-refractivity contribution in [3.63, 3.8) is 0 Å². The summed E-state index contributed by atoms with van der Waals surface area (Å²) in [7, 11) is 0. The third kappa shape index (κ3) is 4.64. The first kappa shape index (κ1) is 17.9. The number of hydrogen-bond acceptors (Lipinski definition) is 3. The molecule has 4 nitrogen and oxygen atoms in total. The topological polar surface area (TPSA) is 42.7 Å². The van der Waals surface area contributed by atoms with Crippen LogP contribution >= 0.6 is 0 Å². The minimum absolute atomic E-state index is 0.615. The van der Waals surface area contributed by atoms with Gasteiger partial charge in [0.05, 0.1) is 6.54 Å². The van der Waals surface area contributed by atoms with Crippen LogP contribution in [-0.4, -0.2) is 21.0 Å². The van der Waals surface area contributed by atoms with Crippen LogP contribution in [0.25, 0.3) is 11.3 Å². The van der Waals surface area contributed by atoms with Crippen molar-refractivity contribution in [3.05, 3.63) is 71.4 Å². The van der Waals surface area contributed by atoms with Gasteiger partial charge in [0.2, 0.25) is 0 Å². The van der Waals surface area contributed by atoms with Gasteiger partial charge in [-0.1, -0.05) is 79.4 Å². The van der Waals surface area contributed by atoms with Gasteiger partial charge in [0, 0.05) is 18.2 Å². The highest BCUT2D eigenvalue weighted by Gasteiger charge is 2.17. The Bertz CT molecular complexity index is 863. The fourth-order valence-electron chi connectivity index (χ4n) is 3.91. The summed E-state index contributed by atoms with van der Waals surface area (Å²) < 4.78 is 0. The number of aryl methyl sites for hydroxylation is 1. The molecule has 1 heterocycles. The van der Waals surface area contributed by atoms with Crippen molar-refractivity contribution < 1.29 is 0 Å². The number of hydrogen-bond donors (Lipinski definition) is 1. The summed E-state index contributed by atoms with van der Waals surface area (Å²) >= 11 is 0. The molecule has 0 radical (unpaired) electrons. The van der Waals surface area contributed by atoms with Gasteiger partial charge >= 0.3 is 0 Å². The van der Waals surface area contributed by atoms with Gasteiger partial charge in [-0.25, -0.2) is 0 Å². The summed E-state index contributed by atoms with van der Waals surface area (Å²) in [6.07, 6.45) is 6.60. The number of nitrogens with one attached hydrogen (secondary N) is 1. The SMILES string of the molecule is Cc1cccc(Cn2nc(CNC3CCCCC3)c(-c3ccccc3)n2)c1. The van der Waals surface area contributed by atoms with Crippen LogP contribution in [0.3, 0.4) is 0 Å². The molecule has 1 N–H and O–H groups in total. The van der Waals surface area contributed by atoms with E-state index in [1.807, 2.05) is 10.9 Å². The second kappa shape index (κ2) is 8.49. The fourth-order valence-corrected chi connectivity index (χ4v) is 3.91. The van der Waals surface area contributed by atoms with E-state index in [1.165, 1.54) is 43.2 Å². The van der Waals surface area contributed by atoms with Crippen LogP contribution in [0.5, 0.6) is 0 Å². The predicted molar refractivity (Wildman–Crippen MR) is 109 cm³/mol. The molecule has 1 fully saturated rings. The summed E-state index contributed by atoms with van der Waals surface area (Å²) in [6, 6.07) is 19.6. The molecule has 1 aliphatic carbocycles. The van der Waals surface area contributed by atoms with Gasteiger partial charge in [0.1, 0.15) is 11.4 Å². The smallest absolute Gasteiger partial charge is 0.117 e. The lowest BCUT2D eigenvalue weighted by molar-refractivity contribution is 0.370. The lowest BCUT2D eigenvalue weighted by atomic mass is 9.95. The Morgan fingerprint density at radius 2 is 1.78 bits per heavy atom. The Kier molecular flexibility index (Phi) is 5.64. The van der Waals surface area contributed by atoms with Crippen LogP contribution in [0.4, 0.5) is 0 Å². The van der Waals surface area contributed by atoms with Gasteiger partial charge < -0.3 is 5.32 Å². The van der Waals surface area contributed by atoms with E-state index in [9.17, 15) is 0 Å². The Balaban J connectivity index is 1.56. The first-order valence-corrected chi connectivity index (χ1v) is 10.1. The highest BCUT2D eigenvalue weighted by atomic mass is 15.5. The maximum absolute atomic E-state index is 4.84. The first-order chi connectivity index (χ1) is 13.3. The first-order valence-electron chi connectivity index (χ1n) is 10.1. The lowest BCUT2D eigenvalue weighted by Gasteiger charge is -2.22. The lowest BCUT2D eigenvalue weighted by Crippen LogP contribution is -2.30. The van der Waals surface area contributed by atoms with E-state index in [-0.39, 0.29) is 0 Å². The molecule has 4 heteroatoms. The fraction of sp³-hybridized carbons (Fsp3) is 0.391. The normalized spacial score (nSPS) is 15.1. The molecule has 1 saturated carbocycles. The van der Waals surface area contributed by atoms with E-state index >= 15 is 0 Å². The van der Waals surface area contributed by atoms with E-state index in [4.69, 9.17) is 10.2 Å². The van der Waals surface area contributed by atoms with Crippen LogP contribution < -0.4 is 5.32 Å². The molecular weight excluding hydrogens is 332 g/mol. The highest BCUT2D eigenvalue weighted by Crippen LogP contribution is 2.22. The average Bonchev–Trinajstić information content (AvgIpc) is 3.10. The van der Waals surface area contributed by atoms with Crippen LogP contribution in [-0.2, 0) is 13.1 Å². The Hall–Kier alpha value is -2.46. The Morgan fingerprint density at radius 3 is 2.56 bits per heavy atom. The zero-order valence-corrected chi connectivity index (χ0v) is 16.1. The van der Waals surface area contributed by atoms with E-state index in [0.717, 1.165) is 23.5 Å². The minimum atomic E-state index is 0.615. The highest BCUT2D eigenvalue weighted by molar-refractivity contribution is 5.60. The van der Waals surface area contributed by atoms with E-state index in [2.05, 4.69) is 60.8 Å². The third-order valence-electron chi connectivity index (χ3n) is 5.34. The molecule has 0 amide bonds. The average molecular weight is 361 g/mol. The van der Waals surface area contributed by atoms with Crippen molar-refractivity contribution in [1.29, 1.82) is 0 Å². The minimum Gasteiger partial charge on any atom is -0.308 e. The maximum atomic E-state index is 4.84. The van der Waals surface area contributed by atoms with E-state index in [0.29, 0.717) is 12.6 Å². The quantitative estimate of drug-likeness (QED) is 0.691. The van der Waals surface area contributed by atoms with Crippen molar-refractivity contribution in [1.82, 2.24) is 20.3 Å². The molecule has 0 aliphatic heterocycles. The molecular formula is C23H28N4. The summed E-state index contributed by atoms with van der Waals surface area (Å²) in [4.78, 5) is 1.84. The molecule has 27 heavy (non-hydrogen) atoms. The van der Waals surface area contributed by atoms with Gasteiger partial charge in [-0.3, -0.25) is 0 Å². The van der Waals surface area contributed by atoms with Gasteiger partial charge in [-0.15, -0.1) is 0 Å². The van der Waals surface area contributed by atoms with Crippen LogP contribution in [0.1, 0.15) is 48.9 Å². The summed E-state index contributed by atoms with van der Waals surface area (Å²) in [5, 5.41) is 13.4. The molecule has 4 rings (SSSR count). The molecule has 1 aromatic heterocycles. The second-order valence-corrected chi connectivity index (χ2v) is 7.60. The van der Waals surface area contributed by atoms with Crippen molar-refractivity contribution >= 4 is 0 Å². The van der Waals surface area contributed by atoms with Gasteiger partial charge in [0.15, 0.2) is 0 Å². The van der Waals surface area contributed by atoms with Crippen molar-refractivity contribution in [2.45, 2.75) is 58.2 Å². The standard InChI is InChI=1S/C23H28N4/c1-18-9-8-10-19(15-18)17-27-25-22(16-24-21-13-6-3-7-14-21)23(26-27)20-11-4-2-5-12-20/h2,4-5,8-12,15,21,24H,3,6-7,13-14,16-17H2,1H3. The molecule has 2 aromatic carbocycles. The Morgan fingerprint density at radius 1 is 0.963 bits per heavy atom. The number of rotatable bonds is 6. The van der Waals surface area contributed by atoms with Crippen molar-refractivity contribution in [2.75, 3.05) is 0 Å². The second-order valence-electron chi connectivity index (χ2n) is 7.60. The van der Waals surface area contributed by atoms with Crippen molar-refractivity contribution in [2.24, 2.45) is 0 Å². The third-order valence-corrected chi connectivity index (χ3v) is 5.34. The van der Waals surface area contributed by atoms with Gasteiger partial charge in [-0.2, -0.15) is 15.0 Å². The van der Waals surface area contributed by atoms with Crippen molar-refractivity contribution in [3.8, 4) is 11.3 Å². The van der Waals surface area contributed by atoms with Gasteiger partial charge in [-0.05, 0) is 25.3 Å². The number of benzene rings is 2. The van der Waals surface area contributed by atoms with E-state index < -0.39 is 0 Å². The molecule has 0 spiro atoms. The maximum Gasteiger partial charge on any atom is 0.117 e. The molecule has 140 valence electrons. The number of nitrogens with zero attached hydrogens (tertiary/aromatic N) is 3. The van der Waals surface area contributed by atoms with E-state index in [1.54, 1.807) is 0 Å². The van der Waals surface area contributed by atoms with Crippen LogP contribution in [0.15, 0.2) is 54.6 Å². The summed E-state index contributed by atoms with van der Waals surface area (Å²) in [6.45, 7) is 3.60. The monoisotopic (exact) mass is 360 g/mol. The molecule has 3 aromatic rings. The zero-order chi connectivity index (χ0) is 18.5. The van der Waals surface area contributed by atoms with Crippen LogP contribution in [0, 0.1) is 6.92 Å². The predicted octanol–water partition coefficient (Wildman–Crippen LogP) is 4.72. The summed E-state index contributed by atoms with van der Waals surface area (Å²) in [5.74, 6) is 0. The molecule has 0 unspecified atom stereocenters. The molecule has 0 bridgehead atoms. The molecule has 0 atom stereocenters. The zero-order valence-electron chi connectivity index (χ0n) is 16.1. The largest absolute Gasteiger partial charge is 0.308 e. The van der Waals surface area contributed by atoms with Gasteiger partial charge in [0.25, 0.3) is 0 Å².